The summed E-state index contributed by atoms with van der Waals surface area (Å²) in [5.74, 6) is 2.12. The number of nitrogens with one attached hydrogen (secondary N) is 1. The highest BCUT2D eigenvalue weighted by Gasteiger charge is 2.16. The summed E-state index contributed by atoms with van der Waals surface area (Å²) in [6.07, 6.45) is 2.20. The average molecular weight is 295 g/mol. The molecule has 0 aliphatic heterocycles. The van der Waals surface area contributed by atoms with Crippen molar-refractivity contribution in [3.63, 3.8) is 0 Å². The molecule has 0 spiro atoms. The van der Waals surface area contributed by atoms with Crippen LogP contribution in [-0.4, -0.2) is 24.2 Å². The van der Waals surface area contributed by atoms with E-state index in [1.807, 2.05) is 11.8 Å². The molecule has 0 aliphatic carbocycles. The van der Waals surface area contributed by atoms with Crippen LogP contribution in [-0.2, 0) is 0 Å². The van der Waals surface area contributed by atoms with Crippen molar-refractivity contribution < 1.29 is 4.74 Å². The minimum Gasteiger partial charge on any atom is -0.493 e. The third-order valence-electron chi connectivity index (χ3n) is 2.99. The lowest BCUT2D eigenvalue weighted by atomic mass is 10.1. The van der Waals surface area contributed by atoms with Crippen molar-refractivity contribution in [1.82, 2.24) is 5.32 Å². The van der Waals surface area contributed by atoms with E-state index in [-0.39, 0.29) is 0 Å². The summed E-state index contributed by atoms with van der Waals surface area (Å²) in [6, 6.07) is 8.82. The predicted octanol–water partition coefficient (Wildman–Crippen LogP) is 4.66. The SMILES string of the molecule is CCCNC(CSC(C)C)c1ccccc1OCCC. The number of hydrogen-bond donors (Lipinski definition) is 1. The van der Waals surface area contributed by atoms with E-state index in [1.54, 1.807) is 0 Å². The lowest BCUT2D eigenvalue weighted by molar-refractivity contribution is 0.311. The lowest BCUT2D eigenvalue weighted by Crippen LogP contribution is -2.25. The molecule has 0 heterocycles. The van der Waals surface area contributed by atoms with E-state index >= 15 is 0 Å². The maximum absolute atomic E-state index is 5.90. The average Bonchev–Trinajstić information content (AvgIpc) is 2.45. The van der Waals surface area contributed by atoms with Crippen LogP contribution in [0.3, 0.4) is 0 Å². The van der Waals surface area contributed by atoms with E-state index in [0.29, 0.717) is 11.3 Å². The van der Waals surface area contributed by atoms with E-state index < -0.39 is 0 Å². The monoisotopic (exact) mass is 295 g/mol. The maximum atomic E-state index is 5.90. The second kappa shape index (κ2) is 10.1. The molecule has 0 amide bonds. The summed E-state index contributed by atoms with van der Waals surface area (Å²) in [5, 5.41) is 4.31. The molecule has 0 saturated carbocycles. The van der Waals surface area contributed by atoms with Gasteiger partial charge in [-0.1, -0.05) is 45.9 Å². The minimum absolute atomic E-state index is 0.371. The lowest BCUT2D eigenvalue weighted by Gasteiger charge is -2.22. The molecule has 0 aliphatic rings. The Morgan fingerprint density at radius 3 is 2.55 bits per heavy atom. The Labute approximate surface area is 128 Å². The molecular weight excluding hydrogens is 266 g/mol. The van der Waals surface area contributed by atoms with Crippen LogP contribution in [0.5, 0.6) is 5.75 Å². The number of hydrogen-bond acceptors (Lipinski definition) is 3. The van der Waals surface area contributed by atoms with Gasteiger partial charge in [0.2, 0.25) is 0 Å². The first kappa shape index (κ1) is 17.4. The highest BCUT2D eigenvalue weighted by Crippen LogP contribution is 2.29. The summed E-state index contributed by atoms with van der Waals surface area (Å²) >= 11 is 2.00. The molecule has 1 aromatic carbocycles. The van der Waals surface area contributed by atoms with Crippen LogP contribution in [0.2, 0.25) is 0 Å². The van der Waals surface area contributed by atoms with Gasteiger partial charge in [-0.3, -0.25) is 0 Å². The Bertz CT molecular complexity index is 368. The van der Waals surface area contributed by atoms with Crippen molar-refractivity contribution in [2.24, 2.45) is 0 Å². The van der Waals surface area contributed by atoms with Crippen LogP contribution >= 0.6 is 11.8 Å². The van der Waals surface area contributed by atoms with Crippen molar-refractivity contribution in [2.45, 2.75) is 51.8 Å². The van der Waals surface area contributed by atoms with Crippen molar-refractivity contribution in [3.8, 4) is 5.75 Å². The van der Waals surface area contributed by atoms with Gasteiger partial charge in [-0.25, -0.2) is 0 Å². The third-order valence-corrected chi connectivity index (χ3v) is 4.19. The van der Waals surface area contributed by atoms with Crippen LogP contribution in [0.1, 0.15) is 52.1 Å². The first-order valence-electron chi connectivity index (χ1n) is 7.75. The molecule has 0 radical (unpaired) electrons. The Balaban J connectivity index is 2.81. The van der Waals surface area contributed by atoms with Crippen molar-refractivity contribution >= 4 is 11.8 Å². The summed E-state index contributed by atoms with van der Waals surface area (Å²) in [7, 11) is 0. The Morgan fingerprint density at radius 1 is 1.15 bits per heavy atom. The molecule has 1 rings (SSSR count). The van der Waals surface area contributed by atoms with Gasteiger partial charge in [0.25, 0.3) is 0 Å². The zero-order valence-corrected chi connectivity index (χ0v) is 14.1. The predicted molar refractivity (Wildman–Crippen MR) is 90.9 cm³/mol. The van der Waals surface area contributed by atoms with Crippen LogP contribution in [0.25, 0.3) is 0 Å². The van der Waals surface area contributed by atoms with Crippen molar-refractivity contribution in [3.05, 3.63) is 29.8 Å². The zero-order chi connectivity index (χ0) is 14.8. The Kier molecular flexibility index (Phi) is 8.79. The topological polar surface area (TPSA) is 21.3 Å². The smallest absolute Gasteiger partial charge is 0.124 e. The van der Waals surface area contributed by atoms with Crippen molar-refractivity contribution in [2.75, 3.05) is 18.9 Å². The molecule has 1 unspecified atom stereocenters. The number of benzene rings is 1. The van der Waals surface area contributed by atoms with Gasteiger partial charge in [0.15, 0.2) is 0 Å². The number of ether oxygens (including phenoxy) is 1. The van der Waals surface area contributed by atoms with Crippen LogP contribution in [0.4, 0.5) is 0 Å². The van der Waals surface area contributed by atoms with E-state index in [2.05, 4.69) is 57.3 Å². The van der Waals surface area contributed by atoms with Gasteiger partial charge in [0.05, 0.1) is 6.61 Å². The first-order valence-corrected chi connectivity index (χ1v) is 8.80. The fourth-order valence-electron chi connectivity index (χ4n) is 1.98. The van der Waals surface area contributed by atoms with Crippen LogP contribution in [0.15, 0.2) is 24.3 Å². The highest BCUT2D eigenvalue weighted by molar-refractivity contribution is 7.99. The van der Waals surface area contributed by atoms with Gasteiger partial charge in [-0.05, 0) is 30.7 Å². The molecule has 0 aromatic heterocycles. The maximum Gasteiger partial charge on any atom is 0.124 e. The normalized spacial score (nSPS) is 12.7. The van der Waals surface area contributed by atoms with Gasteiger partial charge in [-0.2, -0.15) is 11.8 Å². The fourth-order valence-corrected chi connectivity index (χ4v) is 2.85. The third kappa shape index (κ3) is 6.19. The van der Waals surface area contributed by atoms with Crippen LogP contribution in [0, 0.1) is 0 Å². The summed E-state index contributed by atoms with van der Waals surface area (Å²) < 4.78 is 5.90. The molecule has 1 aromatic rings. The van der Waals surface area contributed by atoms with Gasteiger partial charge in [0, 0.05) is 17.4 Å². The second-order valence-corrected chi connectivity index (χ2v) is 6.88. The molecular formula is C17H29NOS. The highest BCUT2D eigenvalue weighted by atomic mass is 32.2. The Morgan fingerprint density at radius 2 is 1.90 bits per heavy atom. The molecule has 114 valence electrons. The molecule has 1 atom stereocenters. The van der Waals surface area contributed by atoms with Gasteiger partial charge < -0.3 is 10.1 Å². The number of para-hydroxylation sites is 1. The quantitative estimate of drug-likeness (QED) is 0.678. The van der Waals surface area contributed by atoms with Crippen molar-refractivity contribution in [1.29, 1.82) is 0 Å². The standard InChI is InChI=1S/C17H29NOS/c1-5-11-18-16(13-20-14(3)4)15-9-7-8-10-17(15)19-12-6-2/h7-10,14,16,18H,5-6,11-13H2,1-4H3. The van der Waals surface area contributed by atoms with E-state index in [4.69, 9.17) is 4.74 Å². The van der Waals surface area contributed by atoms with E-state index in [0.717, 1.165) is 37.5 Å². The molecule has 1 N–H and O–H groups in total. The molecule has 0 saturated heterocycles. The molecule has 0 bridgehead atoms. The van der Waals surface area contributed by atoms with Crippen LogP contribution < -0.4 is 10.1 Å². The van der Waals surface area contributed by atoms with Gasteiger partial charge in [0.1, 0.15) is 5.75 Å². The first-order chi connectivity index (χ1) is 9.69. The second-order valence-electron chi connectivity index (χ2n) is 5.28. The molecule has 2 nitrogen and oxygen atoms in total. The minimum atomic E-state index is 0.371. The number of thioether (sulfide) groups is 1. The largest absolute Gasteiger partial charge is 0.493 e. The summed E-state index contributed by atoms with van der Waals surface area (Å²) in [4.78, 5) is 0. The number of rotatable bonds is 10. The summed E-state index contributed by atoms with van der Waals surface area (Å²) in [5.41, 5.74) is 1.29. The van der Waals surface area contributed by atoms with E-state index in [1.165, 1.54) is 5.56 Å². The van der Waals surface area contributed by atoms with E-state index in [9.17, 15) is 0 Å². The van der Waals surface area contributed by atoms with Gasteiger partial charge in [-0.15, -0.1) is 0 Å². The molecule has 3 heteroatoms. The fraction of sp³-hybridized carbons (Fsp3) is 0.647. The van der Waals surface area contributed by atoms with Gasteiger partial charge >= 0.3 is 0 Å². The summed E-state index contributed by atoms with van der Waals surface area (Å²) in [6.45, 7) is 10.7. The molecule has 0 fully saturated rings. The molecule has 20 heavy (non-hydrogen) atoms. The Hall–Kier alpha value is -0.670. The zero-order valence-electron chi connectivity index (χ0n) is 13.3.